The first kappa shape index (κ1) is 16.1. The molecule has 24 heavy (non-hydrogen) atoms. The first-order valence-electron chi connectivity index (χ1n) is 7.14. The van der Waals surface area contributed by atoms with E-state index in [1.807, 2.05) is 17.0 Å². The fourth-order valence-corrected chi connectivity index (χ4v) is 2.72. The molecule has 0 N–H and O–H groups in total. The maximum absolute atomic E-state index is 13.5. The van der Waals surface area contributed by atoms with E-state index in [2.05, 4.69) is 32.0 Å². The maximum Gasteiger partial charge on any atom is 0.137 e. The molecule has 2 aromatic carbocycles. The molecule has 0 saturated heterocycles. The Morgan fingerprint density at radius 1 is 1.04 bits per heavy atom. The average Bonchev–Trinajstić information content (AvgIpc) is 2.63. The Hall–Kier alpha value is -2.78. The van der Waals surface area contributed by atoms with E-state index >= 15 is 0 Å². The molecule has 0 radical (unpaired) electrons. The van der Waals surface area contributed by atoms with Gasteiger partial charge in [0.25, 0.3) is 0 Å². The standard InChI is InChI=1S/C18H12BrFN4/c19-17-7-14(3-6-18(17)20)11-24(16-9-22-12-23-10-16)15-4-1-13(8-21)2-5-15/h1-7,9-10,12H,11H2. The van der Waals surface area contributed by atoms with Crippen molar-refractivity contribution >= 4 is 27.3 Å². The minimum Gasteiger partial charge on any atom is -0.334 e. The number of benzene rings is 2. The molecule has 0 atom stereocenters. The molecule has 3 rings (SSSR count). The third-order valence-electron chi connectivity index (χ3n) is 3.49. The number of rotatable bonds is 4. The van der Waals surface area contributed by atoms with E-state index in [4.69, 9.17) is 5.26 Å². The number of hydrogen-bond acceptors (Lipinski definition) is 4. The molecular formula is C18H12BrFN4. The van der Waals surface area contributed by atoms with Crippen molar-refractivity contribution in [1.82, 2.24) is 9.97 Å². The van der Waals surface area contributed by atoms with Crippen molar-refractivity contribution in [3.05, 3.63) is 82.6 Å². The molecule has 6 heteroatoms. The second-order valence-electron chi connectivity index (χ2n) is 5.09. The molecule has 1 heterocycles. The number of aromatic nitrogens is 2. The van der Waals surface area contributed by atoms with Crippen LogP contribution in [0.25, 0.3) is 0 Å². The highest BCUT2D eigenvalue weighted by Crippen LogP contribution is 2.28. The normalized spacial score (nSPS) is 10.2. The minimum atomic E-state index is -0.299. The minimum absolute atomic E-state index is 0.299. The SMILES string of the molecule is N#Cc1ccc(N(Cc2ccc(F)c(Br)c2)c2cncnc2)cc1. The first-order valence-corrected chi connectivity index (χ1v) is 7.93. The van der Waals surface area contributed by atoms with Crippen molar-refractivity contribution in [1.29, 1.82) is 5.26 Å². The van der Waals surface area contributed by atoms with Gasteiger partial charge in [-0.15, -0.1) is 0 Å². The van der Waals surface area contributed by atoms with Crippen LogP contribution in [0.2, 0.25) is 0 Å². The summed E-state index contributed by atoms with van der Waals surface area (Å²) in [7, 11) is 0. The van der Waals surface area contributed by atoms with Gasteiger partial charge in [0.05, 0.1) is 34.2 Å². The van der Waals surface area contributed by atoms with Crippen LogP contribution in [0.4, 0.5) is 15.8 Å². The number of anilines is 2. The van der Waals surface area contributed by atoms with E-state index < -0.39 is 0 Å². The highest BCUT2D eigenvalue weighted by atomic mass is 79.9. The molecule has 0 aliphatic rings. The highest BCUT2D eigenvalue weighted by Gasteiger charge is 2.12. The molecule has 3 aromatic rings. The zero-order valence-electron chi connectivity index (χ0n) is 12.5. The summed E-state index contributed by atoms with van der Waals surface area (Å²) in [6.45, 7) is 0.512. The van der Waals surface area contributed by atoms with E-state index in [1.165, 1.54) is 12.4 Å². The summed E-state index contributed by atoms with van der Waals surface area (Å²) < 4.78 is 13.9. The lowest BCUT2D eigenvalue weighted by molar-refractivity contribution is 0.620. The van der Waals surface area contributed by atoms with Crippen LogP contribution in [0, 0.1) is 17.1 Å². The van der Waals surface area contributed by atoms with Crippen LogP contribution in [-0.2, 0) is 6.54 Å². The first-order chi connectivity index (χ1) is 11.7. The fraction of sp³-hybridized carbons (Fsp3) is 0.0556. The molecule has 0 bridgehead atoms. The Morgan fingerprint density at radius 2 is 1.75 bits per heavy atom. The summed E-state index contributed by atoms with van der Waals surface area (Å²) in [5.41, 5.74) is 3.22. The van der Waals surface area contributed by atoms with Crippen molar-refractivity contribution in [3.63, 3.8) is 0 Å². The summed E-state index contributed by atoms with van der Waals surface area (Å²) >= 11 is 3.21. The fourth-order valence-electron chi connectivity index (χ4n) is 2.30. The van der Waals surface area contributed by atoms with Crippen LogP contribution in [-0.4, -0.2) is 9.97 Å². The molecule has 0 fully saturated rings. The van der Waals surface area contributed by atoms with Gasteiger partial charge in [-0.2, -0.15) is 5.26 Å². The van der Waals surface area contributed by atoms with Crippen LogP contribution in [0.3, 0.4) is 0 Å². The molecule has 4 nitrogen and oxygen atoms in total. The van der Waals surface area contributed by atoms with Gasteiger partial charge in [0.15, 0.2) is 0 Å². The van der Waals surface area contributed by atoms with Crippen LogP contribution in [0.5, 0.6) is 0 Å². The van der Waals surface area contributed by atoms with Gasteiger partial charge in [0, 0.05) is 12.2 Å². The van der Waals surface area contributed by atoms with Crippen LogP contribution >= 0.6 is 15.9 Å². The maximum atomic E-state index is 13.5. The molecular weight excluding hydrogens is 371 g/mol. The van der Waals surface area contributed by atoms with Gasteiger partial charge in [-0.3, -0.25) is 0 Å². The van der Waals surface area contributed by atoms with Gasteiger partial charge in [-0.1, -0.05) is 6.07 Å². The summed E-state index contributed by atoms with van der Waals surface area (Å²) in [5, 5.41) is 8.95. The lowest BCUT2D eigenvalue weighted by atomic mass is 10.1. The topological polar surface area (TPSA) is 52.8 Å². The van der Waals surface area contributed by atoms with Crippen LogP contribution < -0.4 is 4.90 Å². The Balaban J connectivity index is 1.98. The average molecular weight is 383 g/mol. The van der Waals surface area contributed by atoms with Gasteiger partial charge in [0.1, 0.15) is 12.1 Å². The second kappa shape index (κ2) is 7.20. The Bertz CT molecular complexity index is 876. The predicted octanol–water partition coefficient (Wildman–Crippen LogP) is 4.59. The van der Waals surface area contributed by atoms with Crippen molar-refractivity contribution in [3.8, 4) is 6.07 Å². The molecule has 118 valence electrons. The lowest BCUT2D eigenvalue weighted by Crippen LogP contribution is -2.17. The molecule has 0 spiro atoms. The lowest BCUT2D eigenvalue weighted by Gasteiger charge is -2.24. The molecule has 0 aliphatic heterocycles. The monoisotopic (exact) mass is 382 g/mol. The summed E-state index contributed by atoms with van der Waals surface area (Å²) in [4.78, 5) is 10.1. The third kappa shape index (κ3) is 3.58. The van der Waals surface area contributed by atoms with Crippen molar-refractivity contribution in [2.75, 3.05) is 4.90 Å². The predicted molar refractivity (Wildman–Crippen MR) is 93.1 cm³/mol. The number of hydrogen-bond donors (Lipinski definition) is 0. The Kier molecular flexibility index (Phi) is 4.82. The van der Waals surface area contributed by atoms with Gasteiger partial charge in [-0.05, 0) is 57.9 Å². The zero-order chi connectivity index (χ0) is 16.9. The quantitative estimate of drug-likeness (QED) is 0.662. The summed E-state index contributed by atoms with van der Waals surface area (Å²) in [6, 6.07) is 14.3. The van der Waals surface area contributed by atoms with E-state index in [0.717, 1.165) is 16.9 Å². The van der Waals surface area contributed by atoms with Gasteiger partial charge in [-0.25, -0.2) is 14.4 Å². The Morgan fingerprint density at radius 3 is 2.38 bits per heavy atom. The van der Waals surface area contributed by atoms with Crippen LogP contribution in [0.1, 0.15) is 11.1 Å². The smallest absolute Gasteiger partial charge is 0.137 e. The van der Waals surface area contributed by atoms with E-state index in [1.54, 1.807) is 36.7 Å². The number of nitriles is 1. The van der Waals surface area contributed by atoms with Crippen molar-refractivity contribution in [2.45, 2.75) is 6.54 Å². The van der Waals surface area contributed by atoms with Crippen molar-refractivity contribution in [2.24, 2.45) is 0 Å². The Labute approximate surface area is 147 Å². The van der Waals surface area contributed by atoms with Gasteiger partial charge >= 0.3 is 0 Å². The molecule has 0 amide bonds. The van der Waals surface area contributed by atoms with Crippen molar-refractivity contribution < 1.29 is 4.39 Å². The van der Waals surface area contributed by atoms with Crippen LogP contribution in [0.15, 0.2) is 65.7 Å². The largest absolute Gasteiger partial charge is 0.334 e. The molecule has 0 saturated carbocycles. The zero-order valence-corrected chi connectivity index (χ0v) is 14.1. The van der Waals surface area contributed by atoms with E-state index in [-0.39, 0.29) is 5.82 Å². The number of nitrogens with zero attached hydrogens (tertiary/aromatic N) is 4. The summed E-state index contributed by atoms with van der Waals surface area (Å²) in [6.07, 6.45) is 4.89. The van der Waals surface area contributed by atoms with E-state index in [0.29, 0.717) is 16.6 Å². The third-order valence-corrected chi connectivity index (χ3v) is 4.10. The number of halogens is 2. The molecule has 1 aromatic heterocycles. The molecule has 0 unspecified atom stereocenters. The highest BCUT2D eigenvalue weighted by molar-refractivity contribution is 9.10. The molecule has 0 aliphatic carbocycles. The van der Waals surface area contributed by atoms with Gasteiger partial charge < -0.3 is 4.90 Å². The second-order valence-corrected chi connectivity index (χ2v) is 5.94. The summed E-state index contributed by atoms with van der Waals surface area (Å²) in [5.74, 6) is -0.299. The van der Waals surface area contributed by atoms with Gasteiger partial charge in [0.2, 0.25) is 0 Å². The van der Waals surface area contributed by atoms with E-state index in [9.17, 15) is 4.39 Å².